The molecule has 0 aromatic rings. The van der Waals surface area contributed by atoms with E-state index in [2.05, 4.69) is 4.84 Å². The summed E-state index contributed by atoms with van der Waals surface area (Å²) < 4.78 is 9.71. The highest BCUT2D eigenvalue weighted by Crippen LogP contribution is 2.12. The van der Waals surface area contributed by atoms with Crippen LogP contribution in [0.2, 0.25) is 0 Å². The number of esters is 1. The van der Waals surface area contributed by atoms with E-state index in [1.54, 1.807) is 0 Å². The molecule has 0 radical (unpaired) electrons. The summed E-state index contributed by atoms with van der Waals surface area (Å²) in [5, 5.41) is 0.427. The van der Waals surface area contributed by atoms with Crippen molar-refractivity contribution in [1.29, 1.82) is 0 Å². The van der Waals surface area contributed by atoms with Crippen molar-refractivity contribution in [3.63, 3.8) is 0 Å². The van der Waals surface area contributed by atoms with Gasteiger partial charge in [0.05, 0.1) is 13.2 Å². The SMILES string of the molecule is CC(C)CC(=O)OCCCCOC(=O)ON1C(=O)CCC1=O. The highest BCUT2D eigenvalue weighted by atomic mass is 16.8. The van der Waals surface area contributed by atoms with Crippen molar-refractivity contribution in [3.05, 3.63) is 0 Å². The Morgan fingerprint density at radius 1 is 1.05 bits per heavy atom. The molecule has 1 heterocycles. The van der Waals surface area contributed by atoms with Crippen LogP contribution in [0, 0.1) is 5.92 Å². The van der Waals surface area contributed by atoms with Gasteiger partial charge in [-0.3, -0.25) is 19.2 Å². The molecule has 1 rings (SSSR count). The molecule has 1 aliphatic heterocycles. The minimum atomic E-state index is -1.10. The number of ether oxygens (including phenoxy) is 2. The molecule has 1 aliphatic rings. The Labute approximate surface area is 128 Å². The van der Waals surface area contributed by atoms with Crippen LogP contribution in [0.15, 0.2) is 0 Å². The molecule has 8 heteroatoms. The van der Waals surface area contributed by atoms with Gasteiger partial charge in [0, 0.05) is 19.3 Å². The molecule has 1 fully saturated rings. The second-order valence-corrected chi connectivity index (χ2v) is 5.30. The van der Waals surface area contributed by atoms with Crippen LogP contribution in [-0.2, 0) is 28.7 Å². The van der Waals surface area contributed by atoms with Gasteiger partial charge in [-0.05, 0) is 18.8 Å². The van der Waals surface area contributed by atoms with Crippen molar-refractivity contribution in [3.8, 4) is 0 Å². The van der Waals surface area contributed by atoms with Gasteiger partial charge in [-0.25, -0.2) is 4.79 Å². The predicted molar refractivity (Wildman–Crippen MR) is 73.2 cm³/mol. The van der Waals surface area contributed by atoms with Gasteiger partial charge in [0.2, 0.25) is 0 Å². The monoisotopic (exact) mass is 315 g/mol. The van der Waals surface area contributed by atoms with Gasteiger partial charge in [0.15, 0.2) is 0 Å². The summed E-state index contributed by atoms with van der Waals surface area (Å²) in [6.07, 6.45) is 0.369. The summed E-state index contributed by atoms with van der Waals surface area (Å²) >= 11 is 0. The van der Waals surface area contributed by atoms with Crippen molar-refractivity contribution in [1.82, 2.24) is 5.06 Å². The van der Waals surface area contributed by atoms with Crippen molar-refractivity contribution in [2.75, 3.05) is 13.2 Å². The zero-order valence-electron chi connectivity index (χ0n) is 12.8. The lowest BCUT2D eigenvalue weighted by molar-refractivity contribution is -0.177. The maximum atomic E-state index is 11.3. The molecule has 124 valence electrons. The lowest BCUT2D eigenvalue weighted by atomic mass is 10.1. The minimum Gasteiger partial charge on any atom is -0.466 e. The van der Waals surface area contributed by atoms with E-state index in [9.17, 15) is 19.2 Å². The van der Waals surface area contributed by atoms with Gasteiger partial charge < -0.3 is 9.47 Å². The van der Waals surface area contributed by atoms with Crippen molar-refractivity contribution >= 4 is 23.9 Å². The Balaban J connectivity index is 2.05. The van der Waals surface area contributed by atoms with Gasteiger partial charge in [-0.2, -0.15) is 0 Å². The number of hydrogen-bond donors (Lipinski definition) is 0. The Hall–Kier alpha value is -2.12. The summed E-state index contributed by atoms with van der Waals surface area (Å²) in [6.45, 7) is 4.16. The molecule has 0 saturated carbocycles. The van der Waals surface area contributed by atoms with Crippen LogP contribution < -0.4 is 0 Å². The number of hydrogen-bond acceptors (Lipinski definition) is 7. The third-order valence-electron chi connectivity index (χ3n) is 2.77. The molecule has 0 N–H and O–H groups in total. The smallest absolute Gasteiger partial charge is 0.466 e. The summed E-state index contributed by atoms with van der Waals surface area (Å²) in [5.41, 5.74) is 0. The van der Waals surface area contributed by atoms with Gasteiger partial charge in [0.25, 0.3) is 11.8 Å². The predicted octanol–water partition coefficient (Wildman–Crippen LogP) is 1.57. The van der Waals surface area contributed by atoms with Crippen molar-refractivity contribution in [2.24, 2.45) is 5.92 Å². The zero-order chi connectivity index (χ0) is 16.5. The van der Waals surface area contributed by atoms with E-state index in [1.807, 2.05) is 13.8 Å². The second-order valence-electron chi connectivity index (χ2n) is 5.30. The Morgan fingerprint density at radius 2 is 1.59 bits per heavy atom. The van der Waals surface area contributed by atoms with Crippen LogP contribution in [0.5, 0.6) is 0 Å². The van der Waals surface area contributed by atoms with Crippen LogP contribution in [0.25, 0.3) is 0 Å². The van der Waals surface area contributed by atoms with E-state index in [0.29, 0.717) is 24.3 Å². The molecule has 0 aromatic heterocycles. The van der Waals surface area contributed by atoms with Crippen LogP contribution in [0.3, 0.4) is 0 Å². The highest BCUT2D eigenvalue weighted by Gasteiger charge is 2.33. The number of carbonyl (C=O) groups excluding carboxylic acids is 4. The minimum absolute atomic E-state index is 0.0356. The molecule has 0 unspecified atom stereocenters. The molecule has 0 bridgehead atoms. The number of rotatable bonds is 8. The third kappa shape index (κ3) is 6.55. The number of unbranched alkanes of at least 4 members (excludes halogenated alkanes) is 1. The first kappa shape index (κ1) is 17.9. The molecule has 0 aromatic carbocycles. The van der Waals surface area contributed by atoms with Gasteiger partial charge in [-0.1, -0.05) is 18.9 Å². The number of carbonyl (C=O) groups is 4. The molecular formula is C14H21NO7. The fourth-order valence-electron chi connectivity index (χ4n) is 1.70. The molecule has 1 saturated heterocycles. The van der Waals surface area contributed by atoms with E-state index in [4.69, 9.17) is 9.47 Å². The fraction of sp³-hybridized carbons (Fsp3) is 0.714. The normalized spacial score (nSPS) is 14.4. The summed E-state index contributed by atoms with van der Waals surface area (Å²) in [6, 6.07) is 0. The van der Waals surface area contributed by atoms with Gasteiger partial charge in [0.1, 0.15) is 0 Å². The lowest BCUT2D eigenvalue weighted by Crippen LogP contribution is -2.32. The first-order valence-electron chi connectivity index (χ1n) is 7.26. The largest absolute Gasteiger partial charge is 0.533 e. The van der Waals surface area contributed by atoms with Crippen molar-refractivity contribution < 1.29 is 33.5 Å². The quantitative estimate of drug-likeness (QED) is 0.381. The van der Waals surface area contributed by atoms with E-state index in [1.165, 1.54) is 0 Å². The van der Waals surface area contributed by atoms with Crippen LogP contribution >= 0.6 is 0 Å². The molecule has 0 spiro atoms. The van der Waals surface area contributed by atoms with Crippen LogP contribution in [0.1, 0.15) is 46.0 Å². The molecule has 0 atom stereocenters. The number of hydroxylamine groups is 2. The Morgan fingerprint density at radius 3 is 2.14 bits per heavy atom. The van der Waals surface area contributed by atoms with Crippen LogP contribution in [0.4, 0.5) is 4.79 Å². The molecular weight excluding hydrogens is 294 g/mol. The van der Waals surface area contributed by atoms with E-state index < -0.39 is 18.0 Å². The van der Waals surface area contributed by atoms with Gasteiger partial charge in [-0.15, -0.1) is 0 Å². The summed E-state index contributed by atoms with van der Waals surface area (Å²) in [5.74, 6) is -1.11. The highest BCUT2D eigenvalue weighted by molar-refractivity contribution is 6.01. The second kappa shape index (κ2) is 9.01. The van der Waals surface area contributed by atoms with E-state index in [0.717, 1.165) is 0 Å². The Bertz CT molecular complexity index is 417. The lowest BCUT2D eigenvalue weighted by Gasteiger charge is -2.12. The molecule has 0 aliphatic carbocycles. The number of amides is 2. The number of nitrogens with zero attached hydrogens (tertiary/aromatic N) is 1. The average molecular weight is 315 g/mol. The third-order valence-corrected chi connectivity index (χ3v) is 2.77. The standard InChI is InChI=1S/C14H21NO7/c1-10(2)9-13(18)20-7-3-4-8-21-14(19)22-15-11(16)5-6-12(15)17/h10H,3-9H2,1-2H3. The zero-order valence-corrected chi connectivity index (χ0v) is 12.8. The molecule has 2 amide bonds. The summed E-state index contributed by atoms with van der Waals surface area (Å²) in [7, 11) is 0. The first-order valence-corrected chi connectivity index (χ1v) is 7.26. The van der Waals surface area contributed by atoms with Crippen molar-refractivity contribution in [2.45, 2.75) is 46.0 Å². The molecule has 22 heavy (non-hydrogen) atoms. The van der Waals surface area contributed by atoms with E-state index >= 15 is 0 Å². The van der Waals surface area contributed by atoms with E-state index in [-0.39, 0.29) is 37.9 Å². The Kier molecular flexibility index (Phi) is 7.34. The average Bonchev–Trinajstić information content (AvgIpc) is 2.73. The van der Waals surface area contributed by atoms with Gasteiger partial charge >= 0.3 is 12.1 Å². The summed E-state index contributed by atoms with van der Waals surface area (Å²) in [4.78, 5) is 49.4. The topological polar surface area (TPSA) is 99.2 Å². The first-order chi connectivity index (χ1) is 10.4. The maximum absolute atomic E-state index is 11.3. The van der Waals surface area contributed by atoms with Crippen LogP contribution in [-0.4, -0.2) is 42.2 Å². The molecule has 8 nitrogen and oxygen atoms in total. The maximum Gasteiger partial charge on any atom is 0.533 e. The number of imide groups is 1. The fourth-order valence-corrected chi connectivity index (χ4v) is 1.70.